The molecule has 2 rings (SSSR count). The fourth-order valence-electron chi connectivity index (χ4n) is 1.76. The first-order valence-corrected chi connectivity index (χ1v) is 5.39. The second-order valence-corrected chi connectivity index (χ2v) is 4.19. The normalized spacial score (nSPS) is 24.0. The van der Waals surface area contributed by atoms with E-state index in [2.05, 4.69) is 21.4 Å². The molecule has 0 radical (unpaired) electrons. The van der Waals surface area contributed by atoms with Crippen LogP contribution in [0.15, 0.2) is 21.2 Å². The van der Waals surface area contributed by atoms with Crippen LogP contribution in [0.2, 0.25) is 0 Å². The van der Waals surface area contributed by atoms with Crippen molar-refractivity contribution in [1.82, 2.24) is 5.43 Å². The van der Waals surface area contributed by atoms with Crippen molar-refractivity contribution in [2.75, 3.05) is 13.2 Å². The summed E-state index contributed by atoms with van der Waals surface area (Å²) in [6, 6.07) is 3.84. The Morgan fingerprint density at radius 1 is 1.57 bits per heavy atom. The zero-order valence-electron chi connectivity index (χ0n) is 7.70. The SMILES string of the molecule is NNC(c1ccc(Br)o1)C1CCOC1. The minimum absolute atomic E-state index is 0.0452. The summed E-state index contributed by atoms with van der Waals surface area (Å²) in [5.74, 6) is 6.77. The number of furan rings is 1. The summed E-state index contributed by atoms with van der Waals surface area (Å²) < 4.78 is 11.5. The third-order valence-electron chi connectivity index (χ3n) is 2.52. The second-order valence-electron chi connectivity index (χ2n) is 3.41. The number of hydrogen-bond donors (Lipinski definition) is 2. The Bertz CT molecular complexity index is 297. The van der Waals surface area contributed by atoms with Gasteiger partial charge < -0.3 is 9.15 Å². The maximum Gasteiger partial charge on any atom is 0.169 e. The summed E-state index contributed by atoms with van der Waals surface area (Å²) in [5.41, 5.74) is 2.78. The van der Waals surface area contributed by atoms with Gasteiger partial charge in [-0.3, -0.25) is 5.84 Å². The lowest BCUT2D eigenvalue weighted by Crippen LogP contribution is -2.33. The third-order valence-corrected chi connectivity index (χ3v) is 2.94. The van der Waals surface area contributed by atoms with Crippen LogP contribution in [0.3, 0.4) is 0 Å². The average Bonchev–Trinajstić information content (AvgIpc) is 2.79. The van der Waals surface area contributed by atoms with E-state index in [0.29, 0.717) is 5.92 Å². The molecule has 1 fully saturated rings. The van der Waals surface area contributed by atoms with Crippen molar-refractivity contribution >= 4 is 15.9 Å². The lowest BCUT2D eigenvalue weighted by molar-refractivity contribution is 0.173. The van der Waals surface area contributed by atoms with Crippen LogP contribution in [0.4, 0.5) is 0 Å². The van der Waals surface area contributed by atoms with Crippen LogP contribution in [0.25, 0.3) is 0 Å². The molecule has 1 aliphatic heterocycles. The molecule has 0 aliphatic carbocycles. The molecule has 1 saturated heterocycles. The van der Waals surface area contributed by atoms with Gasteiger partial charge in [0, 0.05) is 12.5 Å². The van der Waals surface area contributed by atoms with Crippen LogP contribution in [-0.2, 0) is 4.74 Å². The Morgan fingerprint density at radius 3 is 2.93 bits per heavy atom. The van der Waals surface area contributed by atoms with Gasteiger partial charge in [0.1, 0.15) is 5.76 Å². The molecule has 1 aromatic rings. The van der Waals surface area contributed by atoms with E-state index in [4.69, 9.17) is 15.0 Å². The van der Waals surface area contributed by atoms with E-state index < -0.39 is 0 Å². The highest BCUT2D eigenvalue weighted by Gasteiger charge is 2.28. The van der Waals surface area contributed by atoms with Gasteiger partial charge >= 0.3 is 0 Å². The molecule has 0 aromatic carbocycles. The van der Waals surface area contributed by atoms with Crippen LogP contribution in [0.1, 0.15) is 18.2 Å². The molecule has 0 amide bonds. The highest BCUT2D eigenvalue weighted by Crippen LogP contribution is 2.30. The molecule has 5 heteroatoms. The summed E-state index contributed by atoms with van der Waals surface area (Å²) in [6.45, 7) is 1.55. The van der Waals surface area contributed by atoms with Gasteiger partial charge in [0.2, 0.25) is 0 Å². The van der Waals surface area contributed by atoms with Crippen molar-refractivity contribution in [2.24, 2.45) is 11.8 Å². The van der Waals surface area contributed by atoms with E-state index in [9.17, 15) is 0 Å². The van der Waals surface area contributed by atoms with Crippen LogP contribution < -0.4 is 11.3 Å². The van der Waals surface area contributed by atoms with Crippen molar-refractivity contribution in [3.63, 3.8) is 0 Å². The minimum atomic E-state index is 0.0452. The summed E-state index contributed by atoms with van der Waals surface area (Å²) >= 11 is 3.27. The molecule has 0 saturated carbocycles. The van der Waals surface area contributed by atoms with Crippen molar-refractivity contribution in [3.05, 3.63) is 22.6 Å². The lowest BCUT2D eigenvalue weighted by Gasteiger charge is -2.18. The molecule has 3 N–H and O–H groups in total. The summed E-state index contributed by atoms with van der Waals surface area (Å²) in [7, 11) is 0. The van der Waals surface area contributed by atoms with Gasteiger partial charge in [0.25, 0.3) is 0 Å². The predicted octanol–water partition coefficient (Wildman–Crippen LogP) is 1.58. The van der Waals surface area contributed by atoms with E-state index in [1.165, 1.54) is 0 Å². The van der Waals surface area contributed by atoms with Crippen molar-refractivity contribution in [3.8, 4) is 0 Å². The van der Waals surface area contributed by atoms with Crippen LogP contribution in [-0.4, -0.2) is 13.2 Å². The van der Waals surface area contributed by atoms with E-state index in [1.807, 2.05) is 12.1 Å². The van der Waals surface area contributed by atoms with Crippen molar-refractivity contribution in [1.29, 1.82) is 0 Å². The first-order valence-electron chi connectivity index (χ1n) is 4.60. The molecule has 2 unspecified atom stereocenters. The van der Waals surface area contributed by atoms with Crippen molar-refractivity contribution in [2.45, 2.75) is 12.5 Å². The number of hydrazine groups is 1. The van der Waals surface area contributed by atoms with Gasteiger partial charge in [0.05, 0.1) is 12.6 Å². The smallest absolute Gasteiger partial charge is 0.169 e. The Kier molecular flexibility index (Phi) is 3.22. The zero-order chi connectivity index (χ0) is 9.97. The molecule has 2 atom stereocenters. The summed E-state index contributed by atoms with van der Waals surface area (Å²) in [6.07, 6.45) is 1.02. The zero-order valence-corrected chi connectivity index (χ0v) is 9.29. The van der Waals surface area contributed by atoms with Gasteiger partial charge in [-0.05, 0) is 34.5 Å². The first kappa shape index (κ1) is 10.2. The summed E-state index contributed by atoms with van der Waals surface area (Å²) in [4.78, 5) is 0. The van der Waals surface area contributed by atoms with Gasteiger partial charge in [-0.15, -0.1) is 0 Å². The molecular weight excluding hydrogens is 248 g/mol. The minimum Gasteiger partial charge on any atom is -0.453 e. The van der Waals surface area contributed by atoms with Gasteiger partial charge in [-0.2, -0.15) is 0 Å². The van der Waals surface area contributed by atoms with E-state index >= 15 is 0 Å². The maximum absolute atomic E-state index is 5.51. The number of ether oxygens (including phenoxy) is 1. The van der Waals surface area contributed by atoms with E-state index in [1.54, 1.807) is 0 Å². The first-order chi connectivity index (χ1) is 6.81. The molecule has 78 valence electrons. The molecule has 0 spiro atoms. The quantitative estimate of drug-likeness (QED) is 0.640. The number of nitrogens with two attached hydrogens (primary N) is 1. The Labute approximate surface area is 90.9 Å². The van der Waals surface area contributed by atoms with Crippen LogP contribution in [0, 0.1) is 5.92 Å². The van der Waals surface area contributed by atoms with Crippen molar-refractivity contribution < 1.29 is 9.15 Å². The maximum atomic E-state index is 5.51. The third kappa shape index (κ3) is 2.00. The van der Waals surface area contributed by atoms with E-state index in [-0.39, 0.29) is 6.04 Å². The molecular formula is C9H13BrN2O2. The fourth-order valence-corrected chi connectivity index (χ4v) is 2.08. The van der Waals surface area contributed by atoms with E-state index in [0.717, 1.165) is 30.1 Å². The average molecular weight is 261 g/mol. The number of nitrogens with one attached hydrogen (secondary N) is 1. The monoisotopic (exact) mass is 260 g/mol. The fraction of sp³-hybridized carbons (Fsp3) is 0.556. The van der Waals surface area contributed by atoms with Gasteiger partial charge in [-0.25, -0.2) is 5.43 Å². The van der Waals surface area contributed by atoms with Gasteiger partial charge in [-0.1, -0.05) is 0 Å². The summed E-state index contributed by atoms with van der Waals surface area (Å²) in [5, 5.41) is 0. The molecule has 1 aliphatic rings. The molecule has 2 heterocycles. The van der Waals surface area contributed by atoms with Crippen LogP contribution >= 0.6 is 15.9 Å². The highest BCUT2D eigenvalue weighted by atomic mass is 79.9. The number of hydrogen-bond acceptors (Lipinski definition) is 4. The topological polar surface area (TPSA) is 60.4 Å². The Morgan fingerprint density at radius 2 is 2.43 bits per heavy atom. The van der Waals surface area contributed by atoms with Gasteiger partial charge in [0.15, 0.2) is 4.67 Å². The Balaban J connectivity index is 2.12. The van der Waals surface area contributed by atoms with Crippen LogP contribution in [0.5, 0.6) is 0 Å². The largest absolute Gasteiger partial charge is 0.453 e. The lowest BCUT2D eigenvalue weighted by atomic mass is 9.98. The second kappa shape index (κ2) is 4.44. The standard InChI is InChI=1S/C9H13BrN2O2/c10-8-2-1-7(14-8)9(12-11)6-3-4-13-5-6/h1-2,6,9,12H,3-5,11H2. The Hall–Kier alpha value is -0.360. The molecule has 1 aromatic heterocycles. The number of rotatable bonds is 3. The molecule has 0 bridgehead atoms. The predicted molar refractivity (Wildman–Crippen MR) is 55.4 cm³/mol. The molecule has 14 heavy (non-hydrogen) atoms. The number of halogens is 1. The highest BCUT2D eigenvalue weighted by molar-refractivity contribution is 9.10. The molecule has 4 nitrogen and oxygen atoms in total.